The van der Waals surface area contributed by atoms with Crippen molar-refractivity contribution < 1.29 is 14.3 Å². The minimum Gasteiger partial charge on any atom is -0.493 e. The fourth-order valence-corrected chi connectivity index (χ4v) is 3.86. The number of amides is 1. The zero-order chi connectivity index (χ0) is 18.8. The maximum atomic E-state index is 11.9. The molecule has 3 rings (SSSR count). The first kappa shape index (κ1) is 19.0. The van der Waals surface area contributed by atoms with Crippen molar-refractivity contribution in [3.05, 3.63) is 50.8 Å². The number of thioether (sulfide) groups is 1. The van der Waals surface area contributed by atoms with Gasteiger partial charge in [-0.15, -0.1) is 0 Å². The molecule has 26 heavy (non-hydrogen) atoms. The number of hydrogen-bond acceptors (Lipinski definition) is 5. The lowest BCUT2D eigenvalue weighted by Crippen LogP contribution is -2.17. The lowest BCUT2D eigenvalue weighted by atomic mass is 10.0. The maximum Gasteiger partial charge on any atom is 0.263 e. The van der Waals surface area contributed by atoms with Gasteiger partial charge in [0.05, 0.1) is 29.2 Å². The monoisotopic (exact) mass is 425 g/mol. The zero-order valence-corrected chi connectivity index (χ0v) is 16.9. The van der Waals surface area contributed by atoms with Gasteiger partial charge in [0.1, 0.15) is 4.32 Å². The molecule has 2 aromatic carbocycles. The molecule has 8 heteroatoms. The van der Waals surface area contributed by atoms with E-state index in [2.05, 4.69) is 5.32 Å². The summed E-state index contributed by atoms with van der Waals surface area (Å²) >= 11 is 18.4. The van der Waals surface area contributed by atoms with Crippen LogP contribution in [0.25, 0.3) is 17.2 Å². The predicted molar refractivity (Wildman–Crippen MR) is 111 cm³/mol. The molecule has 1 aliphatic heterocycles. The van der Waals surface area contributed by atoms with Crippen molar-refractivity contribution in [1.82, 2.24) is 5.32 Å². The predicted octanol–water partition coefficient (Wildman–Crippen LogP) is 5.17. The van der Waals surface area contributed by atoms with E-state index in [4.69, 9.17) is 44.9 Å². The molecule has 4 nitrogen and oxygen atoms in total. The SMILES string of the molecule is COc1cc(C=C2SC(=S)NC2=O)cc(-c2ccc(Cl)c(Cl)c2)c1OC. The van der Waals surface area contributed by atoms with Crippen LogP contribution in [-0.4, -0.2) is 24.4 Å². The van der Waals surface area contributed by atoms with E-state index < -0.39 is 0 Å². The molecule has 1 fully saturated rings. The largest absolute Gasteiger partial charge is 0.493 e. The van der Waals surface area contributed by atoms with Crippen LogP contribution in [0.3, 0.4) is 0 Å². The number of methoxy groups -OCH3 is 2. The summed E-state index contributed by atoms with van der Waals surface area (Å²) in [5, 5.41) is 3.50. The Kier molecular flexibility index (Phi) is 5.77. The molecule has 1 aliphatic rings. The third-order valence-electron chi connectivity index (χ3n) is 3.67. The Labute approximate surface area is 170 Å². The summed E-state index contributed by atoms with van der Waals surface area (Å²) in [7, 11) is 3.12. The molecule has 2 aromatic rings. The number of nitrogens with one attached hydrogen (secondary N) is 1. The van der Waals surface area contributed by atoms with Gasteiger partial charge in [-0.05, 0) is 41.5 Å². The average molecular weight is 426 g/mol. The van der Waals surface area contributed by atoms with E-state index in [1.807, 2.05) is 12.1 Å². The van der Waals surface area contributed by atoms with Gasteiger partial charge in [-0.25, -0.2) is 0 Å². The highest BCUT2D eigenvalue weighted by Crippen LogP contribution is 2.41. The Balaban J connectivity index is 2.16. The van der Waals surface area contributed by atoms with Crippen LogP contribution in [0.15, 0.2) is 35.2 Å². The summed E-state index contributed by atoms with van der Waals surface area (Å²) < 4.78 is 11.4. The zero-order valence-electron chi connectivity index (χ0n) is 13.8. The van der Waals surface area contributed by atoms with Crippen LogP contribution in [0.1, 0.15) is 5.56 Å². The Morgan fingerprint density at radius 3 is 2.46 bits per heavy atom. The van der Waals surface area contributed by atoms with Gasteiger partial charge < -0.3 is 14.8 Å². The molecule has 0 aromatic heterocycles. The summed E-state index contributed by atoms with van der Waals surface area (Å²) in [5.41, 5.74) is 2.35. The van der Waals surface area contributed by atoms with E-state index in [1.54, 1.807) is 38.5 Å². The van der Waals surface area contributed by atoms with Crippen molar-refractivity contribution in [3.8, 4) is 22.6 Å². The van der Waals surface area contributed by atoms with Gasteiger partial charge in [0, 0.05) is 5.56 Å². The maximum absolute atomic E-state index is 11.9. The molecule has 0 aliphatic carbocycles. The van der Waals surface area contributed by atoms with Gasteiger partial charge in [0.2, 0.25) is 0 Å². The summed E-state index contributed by atoms with van der Waals surface area (Å²) in [6.45, 7) is 0. The number of benzene rings is 2. The van der Waals surface area contributed by atoms with E-state index in [1.165, 1.54) is 11.8 Å². The van der Waals surface area contributed by atoms with Crippen molar-refractivity contribution in [1.29, 1.82) is 0 Å². The third kappa shape index (κ3) is 3.83. The lowest BCUT2D eigenvalue weighted by Gasteiger charge is -2.15. The molecular formula is C18H13Cl2NO3S2. The second-order valence-electron chi connectivity index (χ2n) is 5.29. The second kappa shape index (κ2) is 7.88. The summed E-state index contributed by atoms with van der Waals surface area (Å²) in [6, 6.07) is 9.00. The lowest BCUT2D eigenvalue weighted by molar-refractivity contribution is -0.115. The van der Waals surface area contributed by atoms with Crippen molar-refractivity contribution in [2.75, 3.05) is 14.2 Å². The van der Waals surface area contributed by atoms with Gasteiger partial charge in [-0.2, -0.15) is 0 Å². The Morgan fingerprint density at radius 1 is 1.12 bits per heavy atom. The van der Waals surface area contributed by atoms with E-state index in [0.29, 0.717) is 30.8 Å². The fraction of sp³-hybridized carbons (Fsp3) is 0.111. The summed E-state index contributed by atoms with van der Waals surface area (Å²) in [4.78, 5) is 12.4. The minimum absolute atomic E-state index is 0.217. The van der Waals surface area contributed by atoms with Crippen LogP contribution in [0, 0.1) is 0 Å². The van der Waals surface area contributed by atoms with Crippen molar-refractivity contribution in [3.63, 3.8) is 0 Å². The number of rotatable bonds is 4. The highest BCUT2D eigenvalue weighted by Gasteiger charge is 2.23. The van der Waals surface area contributed by atoms with Crippen molar-refractivity contribution in [2.24, 2.45) is 0 Å². The number of carbonyl (C=O) groups excluding carboxylic acids is 1. The molecule has 1 heterocycles. The number of ether oxygens (including phenoxy) is 2. The normalized spacial score (nSPS) is 15.3. The highest BCUT2D eigenvalue weighted by molar-refractivity contribution is 8.26. The Hall–Kier alpha value is -1.73. The van der Waals surface area contributed by atoms with Crippen LogP contribution < -0.4 is 14.8 Å². The molecule has 0 unspecified atom stereocenters. The molecule has 134 valence electrons. The highest BCUT2D eigenvalue weighted by atomic mass is 35.5. The molecule has 0 radical (unpaired) electrons. The molecule has 0 bridgehead atoms. The van der Waals surface area contributed by atoms with Crippen LogP contribution >= 0.6 is 47.2 Å². The van der Waals surface area contributed by atoms with Gasteiger partial charge in [-0.1, -0.05) is 53.2 Å². The minimum atomic E-state index is -0.217. The van der Waals surface area contributed by atoms with Gasteiger partial charge in [0.25, 0.3) is 5.91 Å². The molecule has 0 saturated carbocycles. The number of carbonyl (C=O) groups is 1. The first-order valence-electron chi connectivity index (χ1n) is 7.39. The van der Waals surface area contributed by atoms with Gasteiger partial charge in [0.15, 0.2) is 11.5 Å². The summed E-state index contributed by atoms with van der Waals surface area (Å²) in [5.74, 6) is 0.881. The molecule has 1 N–H and O–H groups in total. The standard InChI is InChI=1S/C18H13Cl2NO3S2/c1-23-14-6-9(7-15-17(22)21-18(25)26-15)5-11(16(14)24-2)10-3-4-12(19)13(20)8-10/h3-8H,1-2H3,(H,21,22,25). The fourth-order valence-electron chi connectivity index (χ4n) is 2.52. The quantitative estimate of drug-likeness (QED) is 0.540. The molecule has 0 atom stereocenters. The van der Waals surface area contributed by atoms with Crippen LogP contribution in [0.5, 0.6) is 11.5 Å². The average Bonchev–Trinajstić information content (AvgIpc) is 2.93. The number of halogens is 2. The van der Waals surface area contributed by atoms with Gasteiger partial charge in [-0.3, -0.25) is 4.79 Å². The summed E-state index contributed by atoms with van der Waals surface area (Å²) in [6.07, 6.45) is 1.75. The Bertz CT molecular complexity index is 944. The van der Waals surface area contributed by atoms with E-state index in [9.17, 15) is 4.79 Å². The first-order valence-corrected chi connectivity index (χ1v) is 9.37. The first-order chi connectivity index (χ1) is 12.4. The van der Waals surface area contributed by atoms with Crippen molar-refractivity contribution >= 4 is 63.5 Å². The van der Waals surface area contributed by atoms with E-state index in [0.717, 1.165) is 16.7 Å². The molecule has 1 saturated heterocycles. The Morgan fingerprint density at radius 2 is 1.88 bits per heavy atom. The van der Waals surface area contributed by atoms with Crippen LogP contribution in [-0.2, 0) is 4.79 Å². The number of thiocarbonyl (C=S) groups is 1. The van der Waals surface area contributed by atoms with Crippen LogP contribution in [0.4, 0.5) is 0 Å². The topological polar surface area (TPSA) is 47.6 Å². The van der Waals surface area contributed by atoms with E-state index >= 15 is 0 Å². The third-order valence-corrected chi connectivity index (χ3v) is 5.57. The number of hydrogen-bond donors (Lipinski definition) is 1. The van der Waals surface area contributed by atoms with Gasteiger partial charge >= 0.3 is 0 Å². The molecular weight excluding hydrogens is 413 g/mol. The van der Waals surface area contributed by atoms with Crippen LogP contribution in [0.2, 0.25) is 10.0 Å². The molecule has 1 amide bonds. The second-order valence-corrected chi connectivity index (χ2v) is 7.82. The van der Waals surface area contributed by atoms with E-state index in [-0.39, 0.29) is 5.91 Å². The molecule has 0 spiro atoms. The smallest absolute Gasteiger partial charge is 0.263 e. The van der Waals surface area contributed by atoms with Crippen molar-refractivity contribution in [2.45, 2.75) is 0 Å².